The van der Waals surface area contributed by atoms with Gasteiger partial charge in [-0.2, -0.15) is 0 Å². The third-order valence-electron chi connectivity index (χ3n) is 1.08. The van der Waals surface area contributed by atoms with Crippen molar-refractivity contribution in [1.82, 2.24) is 10.2 Å². The van der Waals surface area contributed by atoms with Gasteiger partial charge in [-0.25, -0.2) is 0 Å². The number of nitrogens with zero attached hydrogens (tertiary/aromatic N) is 3. The molecular weight excluding hydrogens is 150 g/mol. The summed E-state index contributed by atoms with van der Waals surface area (Å²) >= 11 is 5.52. The summed E-state index contributed by atoms with van der Waals surface area (Å²) in [6, 6.07) is 3.53. The van der Waals surface area contributed by atoms with E-state index in [0.29, 0.717) is 5.15 Å². The van der Waals surface area contributed by atoms with Gasteiger partial charge in [0.25, 0.3) is 0 Å². The van der Waals surface area contributed by atoms with E-state index in [2.05, 4.69) is 10.2 Å². The van der Waals surface area contributed by atoms with Crippen LogP contribution in [0.2, 0.25) is 5.15 Å². The van der Waals surface area contributed by atoms with E-state index >= 15 is 0 Å². The Hall–Kier alpha value is -0.830. The molecule has 3 nitrogen and oxygen atoms in total. The average Bonchev–Trinajstić information content (AvgIpc) is 1.88. The summed E-state index contributed by atoms with van der Waals surface area (Å²) in [5.41, 5.74) is 0. The van der Waals surface area contributed by atoms with Crippen molar-refractivity contribution < 1.29 is 0 Å². The van der Waals surface area contributed by atoms with Gasteiger partial charge in [0.15, 0.2) is 11.0 Å². The Morgan fingerprint density at radius 3 is 2.40 bits per heavy atom. The maximum Gasteiger partial charge on any atom is 0.151 e. The van der Waals surface area contributed by atoms with E-state index in [9.17, 15) is 0 Å². The number of hydrogen-bond donors (Lipinski definition) is 0. The lowest BCUT2D eigenvalue weighted by Crippen LogP contribution is -2.10. The van der Waals surface area contributed by atoms with E-state index in [1.54, 1.807) is 6.07 Å². The zero-order valence-corrected chi connectivity index (χ0v) is 6.63. The summed E-state index contributed by atoms with van der Waals surface area (Å²) < 4.78 is 0. The van der Waals surface area contributed by atoms with Gasteiger partial charge < -0.3 is 4.90 Å². The van der Waals surface area contributed by atoms with Crippen LogP contribution in [0.3, 0.4) is 0 Å². The molecule has 54 valence electrons. The van der Waals surface area contributed by atoms with Crippen molar-refractivity contribution in [1.29, 1.82) is 0 Å². The molecule has 0 aliphatic rings. The van der Waals surface area contributed by atoms with Gasteiger partial charge in [0, 0.05) is 14.1 Å². The highest BCUT2D eigenvalue weighted by atomic mass is 35.5. The van der Waals surface area contributed by atoms with Gasteiger partial charge in [-0.3, -0.25) is 0 Å². The van der Waals surface area contributed by atoms with Crippen molar-refractivity contribution >= 4 is 17.4 Å². The minimum Gasteiger partial charge on any atom is -0.361 e. The summed E-state index contributed by atoms with van der Waals surface area (Å²) in [7, 11) is 3.80. The van der Waals surface area contributed by atoms with E-state index < -0.39 is 0 Å². The van der Waals surface area contributed by atoms with Gasteiger partial charge >= 0.3 is 0 Å². The number of rotatable bonds is 1. The molecule has 0 spiro atoms. The fraction of sp³-hybridized carbons (Fsp3) is 0.333. The molecule has 1 aromatic heterocycles. The van der Waals surface area contributed by atoms with Gasteiger partial charge in [0.2, 0.25) is 0 Å². The van der Waals surface area contributed by atoms with Crippen LogP contribution in [0.4, 0.5) is 5.82 Å². The molecule has 0 amide bonds. The molecule has 0 saturated heterocycles. The maximum absolute atomic E-state index is 5.52. The van der Waals surface area contributed by atoms with Crippen LogP contribution >= 0.6 is 11.6 Å². The molecule has 1 rings (SSSR count). The summed E-state index contributed by atoms with van der Waals surface area (Å²) in [5, 5.41) is 7.92. The predicted molar refractivity (Wildman–Crippen MR) is 41.4 cm³/mol. The van der Waals surface area contributed by atoms with Crippen molar-refractivity contribution in [2.45, 2.75) is 0 Å². The minimum absolute atomic E-state index is 0.422. The van der Waals surface area contributed by atoms with Crippen molar-refractivity contribution in [3.05, 3.63) is 17.3 Å². The highest BCUT2D eigenvalue weighted by Gasteiger charge is 1.95. The van der Waals surface area contributed by atoms with E-state index in [4.69, 9.17) is 11.6 Å². The Morgan fingerprint density at radius 1 is 1.30 bits per heavy atom. The Morgan fingerprint density at radius 2 is 2.00 bits per heavy atom. The van der Waals surface area contributed by atoms with E-state index in [0.717, 1.165) is 5.82 Å². The molecule has 1 heterocycles. The molecule has 1 aromatic rings. The number of aromatic nitrogens is 2. The molecule has 0 unspecified atom stereocenters. The smallest absolute Gasteiger partial charge is 0.151 e. The van der Waals surface area contributed by atoms with Crippen molar-refractivity contribution in [3.63, 3.8) is 0 Å². The Labute approximate surface area is 64.6 Å². The second-order valence-corrected chi connectivity index (χ2v) is 2.50. The fourth-order valence-corrected chi connectivity index (χ4v) is 0.648. The van der Waals surface area contributed by atoms with Crippen LogP contribution < -0.4 is 4.90 Å². The van der Waals surface area contributed by atoms with Crippen LogP contribution in [0.5, 0.6) is 0 Å². The van der Waals surface area contributed by atoms with Crippen molar-refractivity contribution in [2.75, 3.05) is 19.0 Å². The highest BCUT2D eigenvalue weighted by Crippen LogP contribution is 2.07. The van der Waals surface area contributed by atoms with Crippen LogP contribution in [0, 0.1) is 0 Å². The SMILES string of the molecule is CN(C)c1ccc(Cl)nn1. The summed E-state index contributed by atoms with van der Waals surface area (Å²) in [6.07, 6.45) is 0. The van der Waals surface area contributed by atoms with Crippen molar-refractivity contribution in [3.8, 4) is 0 Å². The first-order chi connectivity index (χ1) is 4.70. The molecular formula is C6H8ClN3. The lowest BCUT2D eigenvalue weighted by molar-refractivity contribution is 0.964. The normalized spacial score (nSPS) is 9.50. The predicted octanol–water partition coefficient (Wildman–Crippen LogP) is 1.20. The monoisotopic (exact) mass is 157 g/mol. The van der Waals surface area contributed by atoms with E-state index in [1.165, 1.54) is 0 Å². The second-order valence-electron chi connectivity index (χ2n) is 2.11. The lowest BCUT2D eigenvalue weighted by atomic mass is 10.5. The summed E-state index contributed by atoms with van der Waals surface area (Å²) in [6.45, 7) is 0. The Balaban J connectivity index is 2.89. The molecule has 0 aliphatic heterocycles. The zero-order valence-electron chi connectivity index (χ0n) is 5.87. The molecule has 0 saturated carbocycles. The molecule has 10 heavy (non-hydrogen) atoms. The first kappa shape index (κ1) is 7.28. The van der Waals surface area contributed by atoms with Crippen LogP contribution in [-0.2, 0) is 0 Å². The van der Waals surface area contributed by atoms with Crippen LogP contribution in [0.25, 0.3) is 0 Å². The third-order valence-corrected chi connectivity index (χ3v) is 1.28. The van der Waals surface area contributed by atoms with Crippen molar-refractivity contribution in [2.24, 2.45) is 0 Å². The standard InChI is InChI=1S/C6H8ClN3/c1-10(2)6-4-3-5(7)8-9-6/h3-4H,1-2H3. The molecule has 4 heteroatoms. The molecule has 0 fully saturated rings. The Kier molecular flexibility index (Phi) is 2.06. The quantitative estimate of drug-likeness (QED) is 0.614. The molecule has 0 aliphatic carbocycles. The second kappa shape index (κ2) is 2.84. The minimum atomic E-state index is 0.422. The van der Waals surface area contributed by atoms with E-state index in [-0.39, 0.29) is 0 Å². The third kappa shape index (κ3) is 1.57. The molecule has 0 bridgehead atoms. The largest absolute Gasteiger partial charge is 0.361 e. The number of anilines is 1. The zero-order chi connectivity index (χ0) is 7.56. The Bertz CT molecular complexity index is 207. The first-order valence-electron chi connectivity index (χ1n) is 2.86. The molecule has 0 aromatic carbocycles. The van der Waals surface area contributed by atoms with Gasteiger partial charge in [0.05, 0.1) is 0 Å². The van der Waals surface area contributed by atoms with Gasteiger partial charge in [-0.1, -0.05) is 11.6 Å². The molecule has 0 atom stereocenters. The lowest BCUT2D eigenvalue weighted by Gasteiger charge is -2.08. The van der Waals surface area contributed by atoms with Gasteiger partial charge in [-0.15, -0.1) is 10.2 Å². The van der Waals surface area contributed by atoms with Crippen LogP contribution in [0.1, 0.15) is 0 Å². The van der Waals surface area contributed by atoms with E-state index in [1.807, 2.05) is 25.1 Å². The van der Waals surface area contributed by atoms with Gasteiger partial charge in [0.1, 0.15) is 0 Å². The molecule has 0 N–H and O–H groups in total. The maximum atomic E-state index is 5.52. The molecule has 0 radical (unpaired) electrons. The number of halogens is 1. The topological polar surface area (TPSA) is 29.0 Å². The van der Waals surface area contributed by atoms with Gasteiger partial charge in [-0.05, 0) is 12.1 Å². The summed E-state index contributed by atoms with van der Waals surface area (Å²) in [4.78, 5) is 1.86. The first-order valence-corrected chi connectivity index (χ1v) is 3.24. The number of hydrogen-bond acceptors (Lipinski definition) is 3. The summed E-state index contributed by atoms with van der Waals surface area (Å²) in [5.74, 6) is 0.810. The average molecular weight is 158 g/mol. The van der Waals surface area contributed by atoms with Crippen LogP contribution in [0.15, 0.2) is 12.1 Å². The van der Waals surface area contributed by atoms with Crippen LogP contribution in [-0.4, -0.2) is 24.3 Å². The fourth-order valence-electron chi connectivity index (χ4n) is 0.547. The highest BCUT2D eigenvalue weighted by molar-refractivity contribution is 6.29.